The molecule has 2 aromatic carbocycles. The molecule has 1 saturated carbocycles. The number of fused-ring (bicyclic) bond motifs is 1. The standard InChI is InChI=1S/C23H26F2N4O3/c1-32-21-12-16(24)13(10-17(21)25)11-20(22-27-18-4-2-3-5-19(18)28-22)29-23(31)26-14-6-8-15(30)9-7-14/h2-5,10,12,14-15,20,30H,6-9,11H2,1H3,(H,27,28)(H2,26,29,31)/t14-,15-,20-/m1/s1. The number of ether oxygens (including phenoxy) is 1. The fourth-order valence-electron chi connectivity index (χ4n) is 4.06. The first-order valence-electron chi connectivity index (χ1n) is 10.6. The minimum atomic E-state index is -0.723. The Bertz CT molecular complexity index is 1060. The van der Waals surface area contributed by atoms with E-state index in [-0.39, 0.29) is 29.9 Å². The highest BCUT2D eigenvalue weighted by atomic mass is 19.1. The summed E-state index contributed by atoms with van der Waals surface area (Å²) in [5.74, 6) is -1.06. The first kappa shape index (κ1) is 22.0. The van der Waals surface area contributed by atoms with Gasteiger partial charge in [0.25, 0.3) is 0 Å². The fraction of sp³-hybridized carbons (Fsp3) is 0.391. The van der Waals surface area contributed by atoms with E-state index in [1.807, 2.05) is 24.3 Å². The number of methoxy groups -OCH3 is 1. The molecule has 0 radical (unpaired) electrons. The second-order valence-corrected chi connectivity index (χ2v) is 8.10. The largest absolute Gasteiger partial charge is 0.494 e. The van der Waals surface area contributed by atoms with Crippen molar-refractivity contribution < 1.29 is 23.4 Å². The van der Waals surface area contributed by atoms with Crippen LogP contribution in [0.3, 0.4) is 0 Å². The van der Waals surface area contributed by atoms with Gasteiger partial charge < -0.3 is 25.5 Å². The molecule has 1 fully saturated rings. The van der Waals surface area contributed by atoms with E-state index >= 15 is 0 Å². The Labute approximate surface area is 184 Å². The zero-order chi connectivity index (χ0) is 22.7. The number of halogens is 2. The van der Waals surface area contributed by atoms with Crippen molar-refractivity contribution >= 4 is 17.1 Å². The van der Waals surface area contributed by atoms with Crippen molar-refractivity contribution in [2.75, 3.05) is 7.11 Å². The molecule has 0 aliphatic heterocycles. The third-order valence-electron chi connectivity index (χ3n) is 5.82. The van der Waals surface area contributed by atoms with Crippen LogP contribution in [0.1, 0.15) is 43.1 Å². The lowest BCUT2D eigenvalue weighted by atomic mass is 9.93. The number of H-pyrrole nitrogens is 1. The molecule has 0 unspecified atom stereocenters. The van der Waals surface area contributed by atoms with Crippen LogP contribution in [0.2, 0.25) is 0 Å². The third-order valence-corrected chi connectivity index (χ3v) is 5.82. The first-order chi connectivity index (χ1) is 15.4. The minimum absolute atomic E-state index is 0.0105. The average molecular weight is 444 g/mol. The van der Waals surface area contributed by atoms with Crippen LogP contribution in [0, 0.1) is 11.6 Å². The van der Waals surface area contributed by atoms with E-state index in [1.165, 1.54) is 7.11 Å². The predicted molar refractivity (Wildman–Crippen MR) is 115 cm³/mol. The number of aromatic nitrogens is 2. The summed E-state index contributed by atoms with van der Waals surface area (Å²) in [6, 6.07) is 8.25. The molecule has 4 N–H and O–H groups in total. The van der Waals surface area contributed by atoms with Gasteiger partial charge in [-0.1, -0.05) is 12.1 Å². The SMILES string of the molecule is COc1cc(F)c(C[C@@H](NC(=O)N[C@H]2CC[C@H](O)CC2)c2nc3ccccc3[nH]2)cc1F. The molecule has 1 atom stereocenters. The molecule has 0 saturated heterocycles. The lowest BCUT2D eigenvalue weighted by Gasteiger charge is -2.27. The molecular weight excluding hydrogens is 418 g/mol. The highest BCUT2D eigenvalue weighted by molar-refractivity contribution is 5.76. The van der Waals surface area contributed by atoms with Crippen LogP contribution in [0.15, 0.2) is 36.4 Å². The summed E-state index contributed by atoms with van der Waals surface area (Å²) < 4.78 is 33.7. The Balaban J connectivity index is 1.57. The number of hydrogen-bond donors (Lipinski definition) is 4. The molecule has 7 nitrogen and oxygen atoms in total. The molecule has 1 heterocycles. The van der Waals surface area contributed by atoms with E-state index < -0.39 is 23.7 Å². The number of carbonyl (C=O) groups excluding carboxylic acids is 1. The normalized spacial score (nSPS) is 19.5. The van der Waals surface area contributed by atoms with Crippen LogP contribution in [0.5, 0.6) is 5.75 Å². The molecule has 1 aromatic heterocycles. The molecule has 170 valence electrons. The van der Waals surface area contributed by atoms with Gasteiger partial charge in [-0.05, 0) is 49.4 Å². The van der Waals surface area contributed by atoms with Crippen LogP contribution in [0.4, 0.5) is 13.6 Å². The Kier molecular flexibility index (Phi) is 6.55. The summed E-state index contributed by atoms with van der Waals surface area (Å²) >= 11 is 0. The van der Waals surface area contributed by atoms with E-state index in [2.05, 4.69) is 20.6 Å². The molecule has 9 heteroatoms. The van der Waals surface area contributed by atoms with Gasteiger partial charge in [0.1, 0.15) is 11.6 Å². The highest BCUT2D eigenvalue weighted by Crippen LogP contribution is 2.26. The number of benzene rings is 2. The minimum Gasteiger partial charge on any atom is -0.494 e. The van der Waals surface area contributed by atoms with Crippen molar-refractivity contribution in [1.29, 1.82) is 0 Å². The molecule has 3 aromatic rings. The van der Waals surface area contributed by atoms with Gasteiger partial charge in [0, 0.05) is 18.5 Å². The second kappa shape index (κ2) is 9.52. The number of urea groups is 1. The molecule has 4 rings (SSSR count). The van der Waals surface area contributed by atoms with Gasteiger partial charge in [-0.3, -0.25) is 0 Å². The zero-order valence-corrected chi connectivity index (χ0v) is 17.7. The number of para-hydroxylation sites is 2. The van der Waals surface area contributed by atoms with E-state index in [0.29, 0.717) is 37.0 Å². The van der Waals surface area contributed by atoms with Gasteiger partial charge in [0.15, 0.2) is 11.6 Å². The number of carbonyl (C=O) groups is 1. The number of amides is 2. The number of nitrogens with one attached hydrogen (secondary N) is 3. The van der Waals surface area contributed by atoms with Crippen molar-refractivity contribution in [1.82, 2.24) is 20.6 Å². The highest BCUT2D eigenvalue weighted by Gasteiger charge is 2.25. The number of imidazole rings is 1. The topological polar surface area (TPSA) is 99.3 Å². The van der Waals surface area contributed by atoms with Gasteiger partial charge in [0.05, 0.1) is 30.3 Å². The summed E-state index contributed by atoms with van der Waals surface area (Å²) in [5, 5.41) is 15.4. The van der Waals surface area contributed by atoms with Crippen molar-refractivity contribution in [3.8, 4) is 5.75 Å². The first-order valence-corrected chi connectivity index (χ1v) is 10.6. The van der Waals surface area contributed by atoms with E-state index in [0.717, 1.165) is 17.6 Å². The van der Waals surface area contributed by atoms with E-state index in [4.69, 9.17) is 4.74 Å². The fourth-order valence-corrected chi connectivity index (χ4v) is 4.06. The Morgan fingerprint density at radius 1 is 1.22 bits per heavy atom. The maximum Gasteiger partial charge on any atom is 0.315 e. The number of hydrogen-bond acceptors (Lipinski definition) is 4. The van der Waals surface area contributed by atoms with Crippen molar-refractivity contribution in [2.45, 2.75) is 50.3 Å². The van der Waals surface area contributed by atoms with Crippen LogP contribution < -0.4 is 15.4 Å². The monoisotopic (exact) mass is 444 g/mol. The molecule has 32 heavy (non-hydrogen) atoms. The molecule has 1 aliphatic carbocycles. The summed E-state index contributed by atoms with van der Waals surface area (Å²) in [6.07, 6.45) is 2.29. The predicted octanol–water partition coefficient (Wildman–Crippen LogP) is 3.74. The van der Waals surface area contributed by atoms with Crippen LogP contribution in [-0.4, -0.2) is 40.4 Å². The lowest BCUT2D eigenvalue weighted by Crippen LogP contribution is -2.45. The summed E-state index contributed by atoms with van der Waals surface area (Å²) in [6.45, 7) is 0. The van der Waals surface area contributed by atoms with Gasteiger partial charge in [0.2, 0.25) is 0 Å². The number of aromatic amines is 1. The molecule has 0 spiro atoms. The van der Waals surface area contributed by atoms with Gasteiger partial charge in [-0.25, -0.2) is 18.6 Å². The van der Waals surface area contributed by atoms with Crippen molar-refractivity contribution in [3.63, 3.8) is 0 Å². The van der Waals surface area contributed by atoms with E-state index in [1.54, 1.807) is 0 Å². The number of aliphatic hydroxyl groups excluding tert-OH is 1. The van der Waals surface area contributed by atoms with Crippen LogP contribution in [0.25, 0.3) is 11.0 Å². The molecule has 1 aliphatic rings. The number of aliphatic hydroxyl groups is 1. The average Bonchev–Trinajstić information content (AvgIpc) is 3.21. The number of rotatable bonds is 6. The maximum absolute atomic E-state index is 14.6. The van der Waals surface area contributed by atoms with Gasteiger partial charge in [-0.15, -0.1) is 0 Å². The third kappa shape index (κ3) is 4.99. The van der Waals surface area contributed by atoms with Gasteiger partial charge >= 0.3 is 6.03 Å². The van der Waals surface area contributed by atoms with Crippen LogP contribution in [-0.2, 0) is 6.42 Å². The lowest BCUT2D eigenvalue weighted by molar-refractivity contribution is 0.117. The Morgan fingerprint density at radius 2 is 1.97 bits per heavy atom. The zero-order valence-electron chi connectivity index (χ0n) is 17.7. The molecule has 0 bridgehead atoms. The van der Waals surface area contributed by atoms with Crippen molar-refractivity contribution in [2.24, 2.45) is 0 Å². The maximum atomic E-state index is 14.6. The quantitative estimate of drug-likeness (QED) is 0.466. The van der Waals surface area contributed by atoms with E-state index in [9.17, 15) is 18.7 Å². The summed E-state index contributed by atoms with van der Waals surface area (Å²) in [7, 11) is 1.27. The molecular formula is C23H26F2N4O3. The molecule has 2 amide bonds. The number of nitrogens with zero attached hydrogens (tertiary/aromatic N) is 1. The second-order valence-electron chi connectivity index (χ2n) is 8.10. The van der Waals surface area contributed by atoms with Crippen molar-refractivity contribution in [3.05, 3.63) is 59.4 Å². The Morgan fingerprint density at radius 3 is 2.69 bits per heavy atom. The summed E-state index contributed by atoms with van der Waals surface area (Å²) in [5.41, 5.74) is 1.57. The smallest absolute Gasteiger partial charge is 0.315 e. The van der Waals surface area contributed by atoms with Crippen LogP contribution >= 0.6 is 0 Å². The Hall–Kier alpha value is -3.20. The summed E-state index contributed by atoms with van der Waals surface area (Å²) in [4.78, 5) is 20.4. The van der Waals surface area contributed by atoms with Gasteiger partial charge in [-0.2, -0.15) is 0 Å².